The van der Waals surface area contributed by atoms with Gasteiger partial charge in [0.15, 0.2) is 0 Å². The molecule has 0 radical (unpaired) electrons. The van der Waals surface area contributed by atoms with Gasteiger partial charge in [-0.2, -0.15) is 5.10 Å². The van der Waals surface area contributed by atoms with Gasteiger partial charge in [0.2, 0.25) is 11.8 Å². The monoisotopic (exact) mass is 346 g/mol. The van der Waals surface area contributed by atoms with E-state index in [9.17, 15) is 9.59 Å². The summed E-state index contributed by atoms with van der Waals surface area (Å²) in [6.07, 6.45) is 3.08. The van der Waals surface area contributed by atoms with E-state index in [0.717, 1.165) is 17.5 Å². The summed E-state index contributed by atoms with van der Waals surface area (Å²) in [6, 6.07) is 7.47. The number of anilines is 1. The number of hydrogen-bond donors (Lipinski definition) is 2. The number of amides is 2. The highest BCUT2D eigenvalue weighted by Crippen LogP contribution is 2.20. The number of aromatic nitrogens is 2. The minimum atomic E-state index is -0.642. The minimum absolute atomic E-state index is 0.208. The second kappa shape index (κ2) is 7.05. The fourth-order valence-electron chi connectivity index (χ4n) is 2.75. The first-order chi connectivity index (χ1) is 11.5. The average Bonchev–Trinajstić information content (AvgIpc) is 2.90. The van der Waals surface area contributed by atoms with Gasteiger partial charge >= 0.3 is 0 Å². The van der Waals surface area contributed by atoms with Crippen molar-refractivity contribution < 1.29 is 9.59 Å². The van der Waals surface area contributed by atoms with Crippen molar-refractivity contribution in [1.29, 1.82) is 0 Å². The van der Waals surface area contributed by atoms with Gasteiger partial charge in [0, 0.05) is 17.1 Å². The zero-order chi connectivity index (χ0) is 17.1. The number of nitrogens with zero attached hydrogens (tertiary/aromatic N) is 2. The molecule has 1 aliphatic heterocycles. The van der Waals surface area contributed by atoms with Crippen LogP contribution in [0.4, 0.5) is 5.82 Å². The third-order valence-corrected chi connectivity index (χ3v) is 4.36. The molecule has 0 spiro atoms. The van der Waals surface area contributed by atoms with E-state index in [1.54, 1.807) is 10.9 Å². The summed E-state index contributed by atoms with van der Waals surface area (Å²) in [7, 11) is 0. The topological polar surface area (TPSA) is 76.0 Å². The zero-order valence-electron chi connectivity index (χ0n) is 13.4. The van der Waals surface area contributed by atoms with Crippen molar-refractivity contribution in [1.82, 2.24) is 15.1 Å². The van der Waals surface area contributed by atoms with Crippen LogP contribution in [0.3, 0.4) is 0 Å². The van der Waals surface area contributed by atoms with Crippen molar-refractivity contribution in [2.45, 2.75) is 26.3 Å². The number of rotatable bonds is 4. The summed E-state index contributed by atoms with van der Waals surface area (Å²) < 4.78 is 1.72. The number of benzene rings is 1. The van der Waals surface area contributed by atoms with E-state index in [4.69, 9.17) is 11.6 Å². The predicted molar refractivity (Wildman–Crippen MR) is 91.9 cm³/mol. The van der Waals surface area contributed by atoms with Gasteiger partial charge < -0.3 is 10.6 Å². The summed E-state index contributed by atoms with van der Waals surface area (Å²) in [5, 5.41) is 10.6. The van der Waals surface area contributed by atoms with Crippen LogP contribution in [0.2, 0.25) is 5.02 Å². The molecular formula is C17H19ClN4O2. The average molecular weight is 347 g/mol. The fourth-order valence-corrected chi connectivity index (χ4v) is 2.88. The van der Waals surface area contributed by atoms with Crippen molar-refractivity contribution in [3.63, 3.8) is 0 Å². The molecular weight excluding hydrogens is 328 g/mol. The van der Waals surface area contributed by atoms with Gasteiger partial charge in [0.1, 0.15) is 11.7 Å². The van der Waals surface area contributed by atoms with Gasteiger partial charge in [-0.05, 0) is 37.5 Å². The zero-order valence-corrected chi connectivity index (χ0v) is 14.1. The highest BCUT2D eigenvalue weighted by molar-refractivity contribution is 6.30. The summed E-state index contributed by atoms with van der Waals surface area (Å²) in [6.45, 7) is 3.02. The number of halogens is 1. The lowest BCUT2D eigenvalue weighted by atomic mass is 9.98. The first-order valence-electron chi connectivity index (χ1n) is 7.90. The van der Waals surface area contributed by atoms with Crippen molar-refractivity contribution in [2.24, 2.45) is 5.92 Å². The lowest BCUT2D eigenvalue weighted by Gasteiger charge is -2.21. The number of aryl methyl sites for hydroxylation is 1. The molecule has 1 atom stereocenters. The second-order valence-corrected chi connectivity index (χ2v) is 6.37. The van der Waals surface area contributed by atoms with E-state index in [-0.39, 0.29) is 11.8 Å². The highest BCUT2D eigenvalue weighted by Gasteiger charge is 2.29. The Kier molecular flexibility index (Phi) is 4.85. The van der Waals surface area contributed by atoms with Crippen LogP contribution in [0.1, 0.15) is 24.0 Å². The van der Waals surface area contributed by atoms with E-state index < -0.39 is 5.92 Å². The van der Waals surface area contributed by atoms with Gasteiger partial charge in [-0.25, -0.2) is 4.68 Å². The van der Waals surface area contributed by atoms with E-state index >= 15 is 0 Å². The molecule has 6 nitrogen and oxygen atoms in total. The molecule has 2 heterocycles. The first-order valence-corrected chi connectivity index (χ1v) is 8.28. The molecule has 3 rings (SSSR count). The van der Waals surface area contributed by atoms with Crippen molar-refractivity contribution in [2.75, 3.05) is 11.9 Å². The van der Waals surface area contributed by atoms with Crippen LogP contribution in [-0.4, -0.2) is 28.1 Å². The van der Waals surface area contributed by atoms with Gasteiger partial charge in [-0.3, -0.25) is 9.59 Å². The highest BCUT2D eigenvalue weighted by atomic mass is 35.5. The number of carbonyl (C=O) groups excluding carboxylic acids is 2. The molecule has 0 aliphatic carbocycles. The summed E-state index contributed by atoms with van der Waals surface area (Å²) in [5.74, 6) is -0.515. The predicted octanol–water partition coefficient (Wildman–Crippen LogP) is 2.36. The van der Waals surface area contributed by atoms with Crippen LogP contribution >= 0.6 is 11.6 Å². The summed E-state index contributed by atoms with van der Waals surface area (Å²) in [4.78, 5) is 24.3. The van der Waals surface area contributed by atoms with Crippen molar-refractivity contribution in [3.8, 4) is 0 Å². The van der Waals surface area contributed by atoms with Crippen LogP contribution in [0.5, 0.6) is 0 Å². The Labute approximate surface area is 145 Å². The van der Waals surface area contributed by atoms with Crippen LogP contribution < -0.4 is 10.6 Å². The molecule has 2 amide bonds. The molecule has 2 N–H and O–H groups in total. The minimum Gasteiger partial charge on any atom is -0.355 e. The van der Waals surface area contributed by atoms with Gasteiger partial charge in [-0.1, -0.05) is 23.7 Å². The fraction of sp³-hybridized carbons (Fsp3) is 0.353. The molecule has 7 heteroatoms. The van der Waals surface area contributed by atoms with Gasteiger partial charge in [0.25, 0.3) is 0 Å². The Balaban J connectivity index is 1.76. The Morgan fingerprint density at radius 3 is 2.88 bits per heavy atom. The lowest BCUT2D eigenvalue weighted by molar-refractivity contribution is -0.134. The van der Waals surface area contributed by atoms with Crippen LogP contribution in [0, 0.1) is 12.8 Å². The lowest BCUT2D eigenvalue weighted by Crippen LogP contribution is -2.42. The number of nitrogens with one attached hydrogen (secondary N) is 2. The van der Waals surface area contributed by atoms with Crippen molar-refractivity contribution >= 4 is 29.2 Å². The standard InChI is InChI=1S/C17H19ClN4O2/c1-11-9-20-22(10-12-4-6-13(18)7-5-12)15(11)21-17(24)14-3-2-8-19-16(14)23/h4-7,9,14H,2-3,8,10H2,1H3,(H,19,23)(H,21,24). The molecule has 1 fully saturated rings. The van der Waals surface area contributed by atoms with E-state index in [1.165, 1.54) is 0 Å². The number of hydrogen-bond acceptors (Lipinski definition) is 3. The van der Waals surface area contributed by atoms with E-state index in [0.29, 0.717) is 30.4 Å². The quantitative estimate of drug-likeness (QED) is 0.834. The molecule has 0 saturated carbocycles. The largest absolute Gasteiger partial charge is 0.355 e. The third kappa shape index (κ3) is 3.59. The maximum Gasteiger partial charge on any atom is 0.238 e. The number of carbonyl (C=O) groups is 2. The van der Waals surface area contributed by atoms with Gasteiger partial charge in [0.05, 0.1) is 12.7 Å². The van der Waals surface area contributed by atoms with E-state index in [1.807, 2.05) is 31.2 Å². The Hall–Kier alpha value is -2.34. The normalized spacial score (nSPS) is 17.4. The van der Waals surface area contributed by atoms with Crippen LogP contribution in [0.25, 0.3) is 0 Å². The molecule has 1 aromatic heterocycles. The molecule has 0 bridgehead atoms. The van der Waals surface area contributed by atoms with Crippen molar-refractivity contribution in [3.05, 3.63) is 46.6 Å². The number of piperidine rings is 1. The summed E-state index contributed by atoms with van der Waals surface area (Å²) in [5.41, 5.74) is 1.88. The first kappa shape index (κ1) is 16.5. The van der Waals surface area contributed by atoms with Gasteiger partial charge in [-0.15, -0.1) is 0 Å². The third-order valence-electron chi connectivity index (χ3n) is 4.11. The molecule has 1 saturated heterocycles. The Bertz CT molecular complexity index is 754. The molecule has 126 valence electrons. The Morgan fingerprint density at radius 2 is 2.17 bits per heavy atom. The Morgan fingerprint density at radius 1 is 1.42 bits per heavy atom. The molecule has 1 aromatic carbocycles. The second-order valence-electron chi connectivity index (χ2n) is 5.94. The smallest absolute Gasteiger partial charge is 0.238 e. The SMILES string of the molecule is Cc1cnn(Cc2ccc(Cl)cc2)c1NC(=O)C1CCCNC1=O. The van der Waals surface area contributed by atoms with E-state index in [2.05, 4.69) is 15.7 Å². The maximum atomic E-state index is 12.4. The molecule has 1 unspecified atom stereocenters. The molecule has 24 heavy (non-hydrogen) atoms. The summed E-state index contributed by atoms with van der Waals surface area (Å²) >= 11 is 5.90. The van der Waals surface area contributed by atoms with Crippen LogP contribution in [0.15, 0.2) is 30.5 Å². The van der Waals surface area contributed by atoms with Crippen LogP contribution in [-0.2, 0) is 16.1 Å². The molecule has 2 aromatic rings. The maximum absolute atomic E-state index is 12.4. The molecule has 1 aliphatic rings.